The van der Waals surface area contributed by atoms with Gasteiger partial charge in [-0.1, -0.05) is 50.1 Å². The maximum Gasteiger partial charge on any atom is 0.326 e. The summed E-state index contributed by atoms with van der Waals surface area (Å²) in [5.41, 5.74) is 1.00. The Kier molecular flexibility index (Phi) is 2.43. The van der Waals surface area contributed by atoms with Crippen molar-refractivity contribution in [2.24, 2.45) is 0 Å². The van der Waals surface area contributed by atoms with E-state index in [0.29, 0.717) is 5.75 Å². The quantitative estimate of drug-likeness (QED) is 0.418. The summed E-state index contributed by atoms with van der Waals surface area (Å²) in [6.45, 7) is 0. The standard InChI is InChI=1S/C9H6Br2O2/c10-7-5-3-1-2-4-6(5)13-9(12)8(7)11/h1-4,7-8H. The first kappa shape index (κ1) is 9.21. The summed E-state index contributed by atoms with van der Waals surface area (Å²) in [5, 5.41) is 0. The third-order valence-corrected chi connectivity index (χ3v) is 4.54. The molecule has 1 aromatic rings. The van der Waals surface area contributed by atoms with Crippen LogP contribution >= 0.6 is 31.9 Å². The van der Waals surface area contributed by atoms with Crippen LogP contribution in [0.15, 0.2) is 24.3 Å². The lowest BCUT2D eigenvalue weighted by Gasteiger charge is -2.24. The van der Waals surface area contributed by atoms with Gasteiger partial charge in [0.15, 0.2) is 0 Å². The van der Waals surface area contributed by atoms with Gasteiger partial charge in [0.25, 0.3) is 0 Å². The number of hydrogen-bond acceptors (Lipinski definition) is 2. The summed E-state index contributed by atoms with van der Waals surface area (Å²) in [6, 6.07) is 7.50. The van der Waals surface area contributed by atoms with Crippen molar-refractivity contribution in [2.75, 3.05) is 0 Å². The topological polar surface area (TPSA) is 26.3 Å². The van der Waals surface area contributed by atoms with E-state index in [-0.39, 0.29) is 15.6 Å². The van der Waals surface area contributed by atoms with Gasteiger partial charge in [-0.3, -0.25) is 4.79 Å². The number of carbonyl (C=O) groups excluding carboxylic acids is 1. The van der Waals surface area contributed by atoms with E-state index in [9.17, 15) is 4.79 Å². The third kappa shape index (κ3) is 1.53. The molecule has 2 atom stereocenters. The number of esters is 1. The van der Waals surface area contributed by atoms with Gasteiger partial charge in [-0.25, -0.2) is 0 Å². The van der Waals surface area contributed by atoms with Crippen molar-refractivity contribution >= 4 is 37.8 Å². The molecule has 0 fully saturated rings. The summed E-state index contributed by atoms with van der Waals surface area (Å²) in [6.07, 6.45) is 0. The maximum atomic E-state index is 11.3. The number of para-hydroxylation sites is 1. The molecule has 1 aromatic carbocycles. The van der Waals surface area contributed by atoms with E-state index in [1.165, 1.54) is 0 Å². The minimum absolute atomic E-state index is 0.00931. The molecule has 1 heterocycles. The van der Waals surface area contributed by atoms with Crippen LogP contribution in [0.1, 0.15) is 10.4 Å². The second-order valence-corrected chi connectivity index (χ2v) is 4.74. The molecule has 0 aromatic heterocycles. The predicted molar refractivity (Wildman–Crippen MR) is 56.5 cm³/mol. The lowest BCUT2D eigenvalue weighted by molar-refractivity contribution is -0.134. The number of carbonyl (C=O) groups is 1. The van der Waals surface area contributed by atoms with E-state index in [1.54, 1.807) is 6.07 Å². The first-order valence-electron chi connectivity index (χ1n) is 3.79. The van der Waals surface area contributed by atoms with Crippen LogP contribution in [0.4, 0.5) is 0 Å². The van der Waals surface area contributed by atoms with Crippen molar-refractivity contribution in [2.45, 2.75) is 9.65 Å². The van der Waals surface area contributed by atoms with E-state index in [0.717, 1.165) is 5.56 Å². The molecule has 13 heavy (non-hydrogen) atoms. The molecule has 1 aliphatic rings. The zero-order valence-corrected chi connectivity index (χ0v) is 9.71. The fraction of sp³-hybridized carbons (Fsp3) is 0.222. The average molecular weight is 306 g/mol. The lowest BCUT2D eigenvalue weighted by Crippen LogP contribution is -2.29. The first-order valence-corrected chi connectivity index (χ1v) is 5.62. The van der Waals surface area contributed by atoms with Gasteiger partial charge < -0.3 is 4.74 Å². The van der Waals surface area contributed by atoms with Crippen LogP contribution in [-0.2, 0) is 4.79 Å². The molecular weight excluding hydrogens is 300 g/mol. The molecule has 0 saturated heterocycles. The Morgan fingerprint density at radius 2 is 1.85 bits per heavy atom. The Morgan fingerprint density at radius 1 is 1.15 bits per heavy atom. The molecule has 2 unspecified atom stereocenters. The monoisotopic (exact) mass is 304 g/mol. The van der Waals surface area contributed by atoms with Gasteiger partial charge in [0.05, 0.1) is 4.83 Å². The van der Waals surface area contributed by atoms with Crippen molar-refractivity contribution in [3.05, 3.63) is 29.8 Å². The van der Waals surface area contributed by atoms with Gasteiger partial charge in [-0.2, -0.15) is 0 Å². The molecule has 0 saturated carbocycles. The SMILES string of the molecule is O=C1Oc2ccccc2C(Br)C1Br. The molecule has 0 N–H and O–H groups in total. The molecule has 0 spiro atoms. The van der Waals surface area contributed by atoms with Gasteiger partial charge in [-0.15, -0.1) is 0 Å². The highest BCUT2D eigenvalue weighted by Gasteiger charge is 2.33. The van der Waals surface area contributed by atoms with Crippen molar-refractivity contribution in [3.63, 3.8) is 0 Å². The Morgan fingerprint density at radius 3 is 2.62 bits per heavy atom. The minimum atomic E-state index is -0.303. The van der Waals surface area contributed by atoms with Crippen LogP contribution in [0.5, 0.6) is 5.75 Å². The first-order chi connectivity index (χ1) is 6.20. The highest BCUT2D eigenvalue weighted by atomic mass is 79.9. The van der Waals surface area contributed by atoms with E-state index >= 15 is 0 Å². The lowest BCUT2D eigenvalue weighted by atomic mass is 10.1. The molecule has 0 amide bonds. The number of benzene rings is 1. The summed E-state index contributed by atoms with van der Waals surface area (Å²) in [7, 11) is 0. The number of halogens is 2. The molecular formula is C9H6Br2O2. The van der Waals surface area contributed by atoms with Gasteiger partial charge in [-0.05, 0) is 6.07 Å². The summed E-state index contributed by atoms with van der Waals surface area (Å²) in [4.78, 5) is 11.0. The van der Waals surface area contributed by atoms with Crippen LogP contribution in [0, 0.1) is 0 Å². The molecule has 68 valence electrons. The minimum Gasteiger partial charge on any atom is -0.425 e. The molecule has 0 bridgehead atoms. The molecule has 0 radical (unpaired) electrons. The average Bonchev–Trinajstić information content (AvgIpc) is 2.15. The molecule has 1 aliphatic heterocycles. The normalized spacial score (nSPS) is 26.5. The van der Waals surface area contributed by atoms with E-state index in [1.807, 2.05) is 18.2 Å². The summed E-state index contributed by atoms with van der Waals surface area (Å²) < 4.78 is 5.10. The highest BCUT2D eigenvalue weighted by molar-refractivity contribution is 9.12. The van der Waals surface area contributed by atoms with Crippen LogP contribution in [0.2, 0.25) is 0 Å². The van der Waals surface area contributed by atoms with E-state index in [4.69, 9.17) is 4.74 Å². The Bertz CT molecular complexity index is 351. The predicted octanol–water partition coefficient (Wildman–Crippen LogP) is 2.81. The second kappa shape index (κ2) is 3.42. The highest BCUT2D eigenvalue weighted by Crippen LogP contribution is 2.40. The van der Waals surface area contributed by atoms with Crippen molar-refractivity contribution < 1.29 is 9.53 Å². The van der Waals surface area contributed by atoms with Crippen LogP contribution in [0.3, 0.4) is 0 Å². The Balaban J connectivity index is 2.49. The van der Waals surface area contributed by atoms with Crippen LogP contribution < -0.4 is 4.74 Å². The Hall–Kier alpha value is -0.350. The number of fused-ring (bicyclic) bond motifs is 1. The maximum absolute atomic E-state index is 11.3. The number of alkyl halides is 2. The fourth-order valence-corrected chi connectivity index (χ4v) is 2.22. The fourth-order valence-electron chi connectivity index (χ4n) is 1.24. The van der Waals surface area contributed by atoms with Gasteiger partial charge in [0, 0.05) is 5.56 Å². The van der Waals surface area contributed by atoms with Gasteiger partial charge >= 0.3 is 5.97 Å². The number of ether oxygens (including phenoxy) is 1. The molecule has 4 heteroatoms. The Labute approximate surface area is 92.5 Å². The van der Waals surface area contributed by atoms with Crippen molar-refractivity contribution in [1.82, 2.24) is 0 Å². The van der Waals surface area contributed by atoms with Gasteiger partial charge in [0.2, 0.25) is 0 Å². The largest absolute Gasteiger partial charge is 0.425 e. The van der Waals surface area contributed by atoms with Gasteiger partial charge in [0.1, 0.15) is 10.6 Å². The summed E-state index contributed by atoms with van der Waals surface area (Å²) in [5.74, 6) is 0.394. The zero-order chi connectivity index (χ0) is 9.42. The second-order valence-electron chi connectivity index (χ2n) is 2.76. The van der Waals surface area contributed by atoms with Crippen LogP contribution in [-0.4, -0.2) is 10.8 Å². The van der Waals surface area contributed by atoms with E-state index < -0.39 is 0 Å². The smallest absolute Gasteiger partial charge is 0.326 e. The number of hydrogen-bond donors (Lipinski definition) is 0. The third-order valence-electron chi connectivity index (χ3n) is 1.91. The number of rotatable bonds is 0. The molecule has 0 aliphatic carbocycles. The molecule has 2 nitrogen and oxygen atoms in total. The van der Waals surface area contributed by atoms with Crippen molar-refractivity contribution in [1.29, 1.82) is 0 Å². The van der Waals surface area contributed by atoms with Crippen LogP contribution in [0.25, 0.3) is 0 Å². The molecule has 2 rings (SSSR count). The zero-order valence-electron chi connectivity index (χ0n) is 6.54. The van der Waals surface area contributed by atoms with Crippen molar-refractivity contribution in [3.8, 4) is 5.75 Å². The summed E-state index contributed by atoms with van der Waals surface area (Å²) >= 11 is 6.71. The van der Waals surface area contributed by atoms with E-state index in [2.05, 4.69) is 31.9 Å².